The van der Waals surface area contributed by atoms with Crippen LogP contribution < -0.4 is 14.8 Å². The molecule has 2 fully saturated rings. The van der Waals surface area contributed by atoms with Gasteiger partial charge in [0.15, 0.2) is 0 Å². The van der Waals surface area contributed by atoms with E-state index in [2.05, 4.69) is 27.2 Å². The molecule has 1 spiro atoms. The Morgan fingerprint density at radius 2 is 1.82 bits per heavy atom. The molecule has 0 atom stereocenters. The number of piperidine rings is 1. The van der Waals surface area contributed by atoms with Crippen molar-refractivity contribution in [1.29, 1.82) is 0 Å². The van der Waals surface area contributed by atoms with E-state index in [0.717, 1.165) is 32.0 Å². The molecular formula is C30H30F4N6O4. The van der Waals surface area contributed by atoms with Crippen molar-refractivity contribution in [1.82, 2.24) is 24.7 Å². The highest BCUT2D eigenvalue weighted by Gasteiger charge is 2.47. The number of likely N-dealkylation sites (tertiary alicyclic amines) is 2. The Morgan fingerprint density at radius 1 is 1.09 bits per heavy atom. The fourth-order valence-electron chi connectivity index (χ4n) is 5.95. The molecule has 44 heavy (non-hydrogen) atoms. The fraction of sp³-hybridized carbons (Fsp3) is 0.400. The van der Waals surface area contributed by atoms with Crippen LogP contribution >= 0.6 is 0 Å². The zero-order chi connectivity index (χ0) is 31.4. The Hall–Kier alpha value is -4.46. The number of carbonyl (C=O) groups is 2. The lowest BCUT2D eigenvalue weighted by Gasteiger charge is -2.53. The molecule has 4 heterocycles. The first-order chi connectivity index (χ1) is 20.9. The summed E-state index contributed by atoms with van der Waals surface area (Å²) in [6.07, 6.45) is -2.39. The van der Waals surface area contributed by atoms with Crippen LogP contribution in [-0.2, 0) is 12.7 Å². The molecule has 14 heteroatoms. The van der Waals surface area contributed by atoms with Crippen LogP contribution in [0.5, 0.6) is 17.4 Å². The van der Waals surface area contributed by atoms with Gasteiger partial charge in [0.05, 0.1) is 23.9 Å². The second kappa shape index (κ2) is 10.9. The summed E-state index contributed by atoms with van der Waals surface area (Å²) in [5.74, 6) is -2.93. The number of halogens is 4. The average molecular weight is 615 g/mol. The number of benzene rings is 2. The van der Waals surface area contributed by atoms with E-state index in [1.165, 1.54) is 24.1 Å². The van der Waals surface area contributed by atoms with Crippen LogP contribution in [0, 0.1) is 11.2 Å². The van der Waals surface area contributed by atoms with Gasteiger partial charge < -0.3 is 29.5 Å². The zero-order valence-corrected chi connectivity index (χ0v) is 24.3. The predicted molar refractivity (Wildman–Crippen MR) is 151 cm³/mol. The highest BCUT2D eigenvalue weighted by molar-refractivity contribution is 6.01. The van der Waals surface area contributed by atoms with Crippen LogP contribution in [-0.4, -0.2) is 83.9 Å². The van der Waals surface area contributed by atoms with Gasteiger partial charge in [-0.2, -0.15) is 18.2 Å². The van der Waals surface area contributed by atoms with Crippen molar-refractivity contribution < 1.29 is 36.6 Å². The maximum atomic E-state index is 15.3. The molecule has 3 aliphatic heterocycles. The smallest absolute Gasteiger partial charge is 0.423 e. The number of nitrogens with zero attached hydrogens (tertiary/aromatic N) is 5. The minimum Gasteiger partial charge on any atom is -0.495 e. The van der Waals surface area contributed by atoms with Gasteiger partial charge in [0.25, 0.3) is 11.8 Å². The number of aromatic nitrogens is 2. The molecule has 2 aromatic carbocycles. The molecule has 10 nitrogen and oxygen atoms in total. The average Bonchev–Trinajstić information content (AvgIpc) is 3.25. The number of carbonyl (C=O) groups excluding carboxylic acids is 2. The molecule has 232 valence electrons. The standard InChI is InChI=1S/C30H30F4N6O4/c1-38-9-7-29(8-10-38)15-40(16-29)26(41)18-11-23(43-3)21(12-20(18)31)36-28-35-13-19(30(32,33)34)25(37-28)44-22-6-4-5-17-14-39(2)27(42)24(17)22/h4-6,11-13H,7-10,14-16H2,1-3H3,(H,35,36,37). The first kappa shape index (κ1) is 29.6. The molecule has 3 aromatic rings. The summed E-state index contributed by atoms with van der Waals surface area (Å²) in [7, 11) is 4.95. The van der Waals surface area contributed by atoms with Gasteiger partial charge in [-0.05, 0) is 50.7 Å². The third-order valence-corrected chi connectivity index (χ3v) is 8.50. The van der Waals surface area contributed by atoms with E-state index in [1.807, 2.05) is 0 Å². The molecule has 1 aromatic heterocycles. The van der Waals surface area contributed by atoms with E-state index >= 15 is 4.39 Å². The zero-order valence-electron chi connectivity index (χ0n) is 24.3. The second-order valence-electron chi connectivity index (χ2n) is 11.6. The summed E-state index contributed by atoms with van der Waals surface area (Å²) in [6, 6.07) is 6.89. The number of hydrogen-bond acceptors (Lipinski definition) is 8. The van der Waals surface area contributed by atoms with Crippen molar-refractivity contribution in [3.63, 3.8) is 0 Å². The normalized spacial score (nSPS) is 17.8. The van der Waals surface area contributed by atoms with Gasteiger partial charge in [-0.3, -0.25) is 9.59 Å². The van der Waals surface area contributed by atoms with Crippen molar-refractivity contribution in [3.8, 4) is 17.4 Å². The number of ether oxygens (including phenoxy) is 2. The highest BCUT2D eigenvalue weighted by atomic mass is 19.4. The van der Waals surface area contributed by atoms with E-state index in [1.54, 1.807) is 24.1 Å². The molecule has 2 saturated heterocycles. The first-order valence-corrected chi connectivity index (χ1v) is 14.0. The molecule has 3 aliphatic rings. The molecule has 0 radical (unpaired) electrons. The summed E-state index contributed by atoms with van der Waals surface area (Å²) < 4.78 is 67.9. The minimum absolute atomic E-state index is 0.0138. The van der Waals surface area contributed by atoms with E-state index < -0.39 is 35.3 Å². The lowest BCUT2D eigenvalue weighted by Crippen LogP contribution is -2.61. The Kier molecular flexibility index (Phi) is 7.34. The Bertz CT molecular complexity index is 1630. The first-order valence-electron chi connectivity index (χ1n) is 14.0. The predicted octanol–water partition coefficient (Wildman–Crippen LogP) is 4.93. The summed E-state index contributed by atoms with van der Waals surface area (Å²) in [5, 5.41) is 2.67. The highest BCUT2D eigenvalue weighted by Crippen LogP contribution is 2.42. The van der Waals surface area contributed by atoms with E-state index in [0.29, 0.717) is 24.8 Å². The summed E-state index contributed by atoms with van der Waals surface area (Å²) in [6.45, 7) is 3.29. The number of nitrogens with one attached hydrogen (secondary N) is 1. The monoisotopic (exact) mass is 614 g/mol. The number of fused-ring (bicyclic) bond motifs is 1. The van der Waals surface area contributed by atoms with Crippen molar-refractivity contribution >= 4 is 23.5 Å². The third kappa shape index (κ3) is 5.38. The molecule has 0 unspecified atom stereocenters. The van der Waals surface area contributed by atoms with Gasteiger partial charge >= 0.3 is 6.18 Å². The molecule has 0 saturated carbocycles. The van der Waals surface area contributed by atoms with Gasteiger partial charge in [0, 0.05) is 44.4 Å². The van der Waals surface area contributed by atoms with Gasteiger partial charge in [-0.25, -0.2) is 9.37 Å². The third-order valence-electron chi connectivity index (χ3n) is 8.50. The Balaban J connectivity index is 1.25. The molecule has 6 rings (SSSR count). The van der Waals surface area contributed by atoms with E-state index in [-0.39, 0.29) is 46.2 Å². The van der Waals surface area contributed by atoms with Crippen LogP contribution in [0.25, 0.3) is 0 Å². The lowest BCUT2D eigenvalue weighted by molar-refractivity contribution is -0.139. The minimum atomic E-state index is -4.87. The Morgan fingerprint density at radius 3 is 2.50 bits per heavy atom. The maximum absolute atomic E-state index is 15.3. The van der Waals surface area contributed by atoms with Crippen LogP contribution in [0.15, 0.2) is 36.5 Å². The van der Waals surface area contributed by atoms with Crippen LogP contribution in [0.1, 0.15) is 44.7 Å². The van der Waals surface area contributed by atoms with Crippen molar-refractivity contribution in [2.45, 2.75) is 25.6 Å². The van der Waals surface area contributed by atoms with Gasteiger partial charge in [-0.1, -0.05) is 12.1 Å². The van der Waals surface area contributed by atoms with Crippen molar-refractivity contribution in [3.05, 3.63) is 64.6 Å². The van der Waals surface area contributed by atoms with E-state index in [4.69, 9.17) is 9.47 Å². The van der Waals surface area contributed by atoms with Crippen LogP contribution in [0.2, 0.25) is 0 Å². The van der Waals surface area contributed by atoms with Gasteiger partial charge in [-0.15, -0.1) is 0 Å². The Labute approximate surface area is 250 Å². The number of anilines is 2. The van der Waals surface area contributed by atoms with Crippen molar-refractivity contribution in [2.24, 2.45) is 5.41 Å². The lowest BCUT2D eigenvalue weighted by atomic mass is 9.72. The molecule has 1 N–H and O–H groups in total. The van der Waals surface area contributed by atoms with Gasteiger partial charge in [0.2, 0.25) is 11.8 Å². The number of rotatable bonds is 6. The second-order valence-corrected chi connectivity index (χ2v) is 11.6. The summed E-state index contributed by atoms with van der Waals surface area (Å²) in [5.41, 5.74) is -0.655. The van der Waals surface area contributed by atoms with Crippen LogP contribution in [0.4, 0.5) is 29.2 Å². The molecular weight excluding hydrogens is 584 g/mol. The SMILES string of the molecule is COc1cc(C(=O)N2CC3(CCN(C)CC3)C2)c(F)cc1Nc1ncc(C(F)(F)F)c(Oc2cccc3c2C(=O)N(C)C3)n1. The maximum Gasteiger partial charge on any atom is 0.423 e. The summed E-state index contributed by atoms with van der Waals surface area (Å²) in [4.78, 5) is 38.8. The van der Waals surface area contributed by atoms with E-state index in [9.17, 15) is 22.8 Å². The van der Waals surface area contributed by atoms with Gasteiger partial charge in [0.1, 0.15) is 22.9 Å². The van der Waals surface area contributed by atoms with Crippen molar-refractivity contribution in [2.75, 3.05) is 52.7 Å². The molecule has 0 aliphatic carbocycles. The van der Waals surface area contributed by atoms with Crippen LogP contribution in [0.3, 0.4) is 0 Å². The number of alkyl halides is 3. The number of hydrogen-bond donors (Lipinski definition) is 1. The fourth-order valence-corrected chi connectivity index (χ4v) is 5.95. The largest absolute Gasteiger partial charge is 0.495 e. The molecule has 2 amide bonds. The quantitative estimate of drug-likeness (QED) is 0.391. The topological polar surface area (TPSA) is 100 Å². The number of amides is 2. The summed E-state index contributed by atoms with van der Waals surface area (Å²) >= 11 is 0. The number of methoxy groups -OCH3 is 1. The molecule has 0 bridgehead atoms.